The Balaban J connectivity index is 2.04. The molecule has 0 spiro atoms. The SMILES string of the molecule is CCN(CC)C1CCN(C(=O)c2ccc(C(C)(C)C)cc2)C1. The van der Waals surface area contributed by atoms with E-state index in [1.54, 1.807) is 0 Å². The summed E-state index contributed by atoms with van der Waals surface area (Å²) in [7, 11) is 0. The fourth-order valence-electron chi connectivity index (χ4n) is 3.26. The zero-order chi connectivity index (χ0) is 16.3. The molecular formula is C19H30N2O. The summed E-state index contributed by atoms with van der Waals surface area (Å²) in [5.41, 5.74) is 2.21. The third kappa shape index (κ3) is 3.70. The zero-order valence-corrected chi connectivity index (χ0v) is 14.7. The average molecular weight is 302 g/mol. The largest absolute Gasteiger partial charge is 0.337 e. The number of likely N-dealkylation sites (N-methyl/N-ethyl adjacent to an activating group) is 1. The van der Waals surface area contributed by atoms with Gasteiger partial charge in [-0.1, -0.05) is 46.8 Å². The number of likely N-dealkylation sites (tertiary alicyclic amines) is 1. The highest BCUT2D eigenvalue weighted by molar-refractivity contribution is 5.94. The Morgan fingerprint density at radius 2 is 1.77 bits per heavy atom. The van der Waals surface area contributed by atoms with Gasteiger partial charge in [-0.2, -0.15) is 0 Å². The first-order valence-electron chi connectivity index (χ1n) is 8.50. The van der Waals surface area contributed by atoms with Crippen molar-refractivity contribution in [1.82, 2.24) is 9.80 Å². The Morgan fingerprint density at radius 3 is 2.27 bits per heavy atom. The van der Waals surface area contributed by atoms with Crippen LogP contribution in [-0.4, -0.2) is 47.9 Å². The summed E-state index contributed by atoms with van der Waals surface area (Å²) in [5, 5.41) is 0. The molecule has 1 atom stereocenters. The van der Waals surface area contributed by atoms with Crippen LogP contribution >= 0.6 is 0 Å². The number of nitrogens with zero attached hydrogens (tertiary/aromatic N) is 2. The monoisotopic (exact) mass is 302 g/mol. The number of benzene rings is 1. The quantitative estimate of drug-likeness (QED) is 0.849. The second-order valence-electron chi connectivity index (χ2n) is 7.24. The Labute approximate surface area is 135 Å². The molecule has 0 saturated carbocycles. The first-order chi connectivity index (χ1) is 10.4. The van der Waals surface area contributed by atoms with E-state index in [1.165, 1.54) is 5.56 Å². The second kappa shape index (κ2) is 6.82. The van der Waals surface area contributed by atoms with Crippen LogP contribution in [0.1, 0.15) is 57.0 Å². The summed E-state index contributed by atoms with van der Waals surface area (Å²) >= 11 is 0. The molecule has 1 aromatic rings. The fraction of sp³-hybridized carbons (Fsp3) is 0.632. The number of rotatable bonds is 4. The number of amides is 1. The first-order valence-corrected chi connectivity index (χ1v) is 8.50. The molecule has 3 heteroatoms. The van der Waals surface area contributed by atoms with Gasteiger partial charge in [0.1, 0.15) is 0 Å². The summed E-state index contributed by atoms with van der Waals surface area (Å²) in [6.07, 6.45) is 1.09. The van der Waals surface area contributed by atoms with Crippen molar-refractivity contribution in [1.29, 1.82) is 0 Å². The third-order valence-corrected chi connectivity index (χ3v) is 4.78. The van der Waals surface area contributed by atoms with Crippen LogP contribution < -0.4 is 0 Å². The van der Waals surface area contributed by atoms with Crippen molar-refractivity contribution < 1.29 is 4.79 Å². The van der Waals surface area contributed by atoms with Gasteiger partial charge in [0.15, 0.2) is 0 Å². The van der Waals surface area contributed by atoms with Gasteiger partial charge in [0.05, 0.1) is 0 Å². The lowest BCUT2D eigenvalue weighted by molar-refractivity contribution is 0.0778. The van der Waals surface area contributed by atoms with Crippen LogP contribution in [0.25, 0.3) is 0 Å². The Hall–Kier alpha value is -1.35. The van der Waals surface area contributed by atoms with E-state index in [0.717, 1.165) is 38.2 Å². The molecule has 0 N–H and O–H groups in total. The van der Waals surface area contributed by atoms with Gasteiger partial charge in [-0.3, -0.25) is 9.69 Å². The maximum absolute atomic E-state index is 12.7. The highest BCUT2D eigenvalue weighted by atomic mass is 16.2. The Kier molecular flexibility index (Phi) is 5.28. The molecule has 0 bridgehead atoms. The molecule has 0 radical (unpaired) electrons. The lowest BCUT2D eigenvalue weighted by Crippen LogP contribution is -2.38. The highest BCUT2D eigenvalue weighted by Crippen LogP contribution is 2.23. The maximum Gasteiger partial charge on any atom is 0.253 e. The van der Waals surface area contributed by atoms with Crippen molar-refractivity contribution in [2.75, 3.05) is 26.2 Å². The van der Waals surface area contributed by atoms with Gasteiger partial charge in [-0.15, -0.1) is 0 Å². The number of carbonyl (C=O) groups excluding carboxylic acids is 1. The minimum absolute atomic E-state index is 0.128. The first kappa shape index (κ1) is 17.0. The second-order valence-corrected chi connectivity index (χ2v) is 7.24. The van der Waals surface area contributed by atoms with Crippen LogP contribution in [0, 0.1) is 0 Å². The Morgan fingerprint density at radius 1 is 1.18 bits per heavy atom. The number of hydrogen-bond donors (Lipinski definition) is 0. The molecule has 122 valence electrons. The van der Waals surface area contributed by atoms with Gasteiger partial charge in [0, 0.05) is 24.7 Å². The lowest BCUT2D eigenvalue weighted by atomic mass is 9.86. The molecule has 1 aromatic carbocycles. The molecular weight excluding hydrogens is 272 g/mol. The molecule has 1 fully saturated rings. The topological polar surface area (TPSA) is 23.6 Å². The predicted octanol–water partition coefficient (Wildman–Crippen LogP) is 3.54. The van der Waals surface area contributed by atoms with Crippen molar-refractivity contribution >= 4 is 5.91 Å². The molecule has 22 heavy (non-hydrogen) atoms. The molecule has 0 aliphatic carbocycles. The van der Waals surface area contributed by atoms with Crippen LogP contribution in [0.4, 0.5) is 0 Å². The van der Waals surface area contributed by atoms with E-state index in [9.17, 15) is 4.79 Å². The maximum atomic E-state index is 12.7. The molecule has 1 aliphatic rings. The van der Waals surface area contributed by atoms with Gasteiger partial charge in [-0.05, 0) is 42.6 Å². The van der Waals surface area contributed by atoms with Gasteiger partial charge >= 0.3 is 0 Å². The molecule has 1 amide bonds. The van der Waals surface area contributed by atoms with E-state index in [1.807, 2.05) is 17.0 Å². The van der Waals surface area contributed by atoms with Crippen molar-refractivity contribution in [3.8, 4) is 0 Å². The zero-order valence-electron chi connectivity index (χ0n) is 14.7. The predicted molar refractivity (Wildman–Crippen MR) is 92.4 cm³/mol. The smallest absolute Gasteiger partial charge is 0.253 e. The van der Waals surface area contributed by atoms with Crippen molar-refractivity contribution in [3.05, 3.63) is 35.4 Å². The molecule has 3 nitrogen and oxygen atoms in total. The van der Waals surface area contributed by atoms with Crippen molar-refractivity contribution in [3.63, 3.8) is 0 Å². The number of carbonyl (C=O) groups is 1. The van der Waals surface area contributed by atoms with Gasteiger partial charge in [-0.25, -0.2) is 0 Å². The molecule has 1 aliphatic heterocycles. The summed E-state index contributed by atoms with van der Waals surface area (Å²) in [4.78, 5) is 17.1. The van der Waals surface area contributed by atoms with E-state index in [0.29, 0.717) is 6.04 Å². The van der Waals surface area contributed by atoms with Crippen molar-refractivity contribution in [2.45, 2.75) is 52.5 Å². The van der Waals surface area contributed by atoms with E-state index >= 15 is 0 Å². The molecule has 1 saturated heterocycles. The molecule has 2 rings (SSSR count). The van der Waals surface area contributed by atoms with E-state index in [-0.39, 0.29) is 11.3 Å². The van der Waals surface area contributed by atoms with Gasteiger partial charge in [0.2, 0.25) is 0 Å². The summed E-state index contributed by atoms with van der Waals surface area (Å²) in [5.74, 6) is 0.176. The van der Waals surface area contributed by atoms with E-state index in [2.05, 4.69) is 51.7 Å². The highest BCUT2D eigenvalue weighted by Gasteiger charge is 2.29. The van der Waals surface area contributed by atoms with Crippen LogP contribution in [0.15, 0.2) is 24.3 Å². The standard InChI is InChI=1S/C19H30N2O/c1-6-20(7-2)17-12-13-21(14-17)18(22)15-8-10-16(11-9-15)19(3,4)5/h8-11,17H,6-7,12-14H2,1-5H3. The summed E-state index contributed by atoms with van der Waals surface area (Å²) in [6, 6.07) is 8.66. The van der Waals surface area contributed by atoms with Crippen molar-refractivity contribution in [2.24, 2.45) is 0 Å². The van der Waals surface area contributed by atoms with Crippen LogP contribution in [0.5, 0.6) is 0 Å². The molecule has 0 aromatic heterocycles. The van der Waals surface area contributed by atoms with E-state index < -0.39 is 0 Å². The fourth-order valence-corrected chi connectivity index (χ4v) is 3.26. The molecule has 1 heterocycles. The average Bonchev–Trinajstić information content (AvgIpc) is 2.97. The van der Waals surface area contributed by atoms with Crippen LogP contribution in [0.3, 0.4) is 0 Å². The molecule has 1 unspecified atom stereocenters. The van der Waals surface area contributed by atoms with Gasteiger partial charge < -0.3 is 4.90 Å². The summed E-state index contributed by atoms with van der Waals surface area (Å²) < 4.78 is 0. The third-order valence-electron chi connectivity index (χ3n) is 4.78. The van der Waals surface area contributed by atoms with Gasteiger partial charge in [0.25, 0.3) is 5.91 Å². The number of hydrogen-bond acceptors (Lipinski definition) is 2. The minimum Gasteiger partial charge on any atom is -0.337 e. The summed E-state index contributed by atoms with van der Waals surface area (Å²) in [6.45, 7) is 14.8. The lowest BCUT2D eigenvalue weighted by Gasteiger charge is -2.26. The normalized spacial score (nSPS) is 19.0. The van der Waals surface area contributed by atoms with E-state index in [4.69, 9.17) is 0 Å². The Bertz CT molecular complexity index is 497. The minimum atomic E-state index is 0.128. The van der Waals surface area contributed by atoms with Crippen LogP contribution in [-0.2, 0) is 5.41 Å². The van der Waals surface area contributed by atoms with Crippen LogP contribution in [0.2, 0.25) is 0 Å².